The number of hydrogen-bond donors (Lipinski definition) is 2. The van der Waals surface area contributed by atoms with Crippen LogP contribution in [0.2, 0.25) is 0 Å². The van der Waals surface area contributed by atoms with Gasteiger partial charge < -0.3 is 11.1 Å². The zero-order valence-electron chi connectivity index (χ0n) is 10.6. The first-order valence-corrected chi connectivity index (χ1v) is 8.82. The number of nitrogens with zero attached hydrogens (tertiary/aromatic N) is 1. The number of carbonyl (C=O) groups is 1. The first kappa shape index (κ1) is 15.7. The molecule has 1 saturated heterocycles. The fourth-order valence-corrected chi connectivity index (χ4v) is 6.17. The van der Waals surface area contributed by atoms with E-state index < -0.39 is 16.1 Å². The van der Waals surface area contributed by atoms with Gasteiger partial charge in [0.2, 0.25) is 15.9 Å². The lowest BCUT2D eigenvalue weighted by atomic mass is 10.2. The largest absolute Gasteiger partial charge is 0.399 e. The van der Waals surface area contributed by atoms with Gasteiger partial charge in [-0.1, -0.05) is 0 Å². The average Bonchev–Trinajstić information content (AvgIpc) is 2.30. The number of nitrogens with two attached hydrogens (primary N) is 1. The molecule has 3 N–H and O–H groups in total. The summed E-state index contributed by atoms with van der Waals surface area (Å²) >= 11 is 6.44. The second-order valence-corrected chi connectivity index (χ2v) is 7.93. The number of amides is 1. The molecule has 1 heterocycles. The van der Waals surface area contributed by atoms with E-state index in [9.17, 15) is 13.2 Å². The van der Waals surface area contributed by atoms with Crippen molar-refractivity contribution >= 4 is 53.5 Å². The van der Waals surface area contributed by atoms with Crippen molar-refractivity contribution in [2.75, 3.05) is 18.8 Å². The van der Waals surface area contributed by atoms with Gasteiger partial charge in [0.1, 0.15) is 10.9 Å². The molecular formula is C11H13Br2N3O3S. The molecule has 9 heteroatoms. The van der Waals surface area contributed by atoms with Crippen molar-refractivity contribution in [1.82, 2.24) is 9.62 Å². The van der Waals surface area contributed by atoms with E-state index in [-0.39, 0.29) is 17.3 Å². The number of rotatable bonds is 2. The summed E-state index contributed by atoms with van der Waals surface area (Å²) in [7, 11) is -3.80. The van der Waals surface area contributed by atoms with Crippen LogP contribution in [0.25, 0.3) is 0 Å². The molecule has 1 amide bonds. The van der Waals surface area contributed by atoms with Gasteiger partial charge in [-0.05, 0) is 50.9 Å². The molecule has 1 unspecified atom stereocenters. The number of halogens is 2. The van der Waals surface area contributed by atoms with Crippen molar-refractivity contribution in [2.24, 2.45) is 0 Å². The highest BCUT2D eigenvalue weighted by Gasteiger charge is 2.37. The SMILES string of the molecule is CC1C(=O)NCCN1S(=O)(=O)c1c(Br)cc(N)cc1Br. The Morgan fingerprint density at radius 2 is 1.90 bits per heavy atom. The van der Waals surface area contributed by atoms with Crippen LogP contribution in [0.4, 0.5) is 5.69 Å². The molecule has 0 aromatic heterocycles. The van der Waals surface area contributed by atoms with E-state index in [0.29, 0.717) is 21.2 Å². The Morgan fingerprint density at radius 3 is 2.45 bits per heavy atom. The van der Waals surface area contributed by atoms with E-state index in [2.05, 4.69) is 37.2 Å². The van der Waals surface area contributed by atoms with Gasteiger partial charge in [0, 0.05) is 27.7 Å². The molecule has 2 rings (SSSR count). The molecule has 6 nitrogen and oxygen atoms in total. The van der Waals surface area contributed by atoms with E-state index in [1.165, 1.54) is 16.4 Å². The molecule has 1 aliphatic heterocycles. The lowest BCUT2D eigenvalue weighted by Crippen LogP contribution is -2.55. The lowest BCUT2D eigenvalue weighted by molar-refractivity contribution is -0.126. The Kier molecular flexibility index (Phi) is 4.43. The molecule has 1 atom stereocenters. The first-order chi connectivity index (χ1) is 9.25. The minimum absolute atomic E-state index is 0.0771. The Balaban J connectivity index is 2.53. The Labute approximate surface area is 134 Å². The van der Waals surface area contributed by atoms with Crippen LogP contribution in [-0.2, 0) is 14.8 Å². The number of nitrogen functional groups attached to an aromatic ring is 1. The van der Waals surface area contributed by atoms with E-state index in [1.54, 1.807) is 6.92 Å². The van der Waals surface area contributed by atoms with Crippen LogP contribution in [0.3, 0.4) is 0 Å². The lowest BCUT2D eigenvalue weighted by Gasteiger charge is -2.32. The molecule has 0 radical (unpaired) electrons. The van der Waals surface area contributed by atoms with Gasteiger partial charge in [-0.15, -0.1) is 0 Å². The van der Waals surface area contributed by atoms with E-state index in [0.717, 1.165) is 0 Å². The van der Waals surface area contributed by atoms with Gasteiger partial charge in [-0.2, -0.15) is 4.31 Å². The van der Waals surface area contributed by atoms with Crippen LogP contribution in [-0.4, -0.2) is 37.8 Å². The van der Waals surface area contributed by atoms with E-state index >= 15 is 0 Å². The van der Waals surface area contributed by atoms with Crippen LogP contribution in [0.5, 0.6) is 0 Å². The number of nitrogens with one attached hydrogen (secondary N) is 1. The smallest absolute Gasteiger partial charge is 0.246 e. The van der Waals surface area contributed by atoms with Crippen LogP contribution in [0.1, 0.15) is 6.92 Å². The molecule has 20 heavy (non-hydrogen) atoms. The normalized spacial score (nSPS) is 20.8. The Morgan fingerprint density at radius 1 is 1.35 bits per heavy atom. The van der Waals surface area contributed by atoms with E-state index in [4.69, 9.17) is 5.73 Å². The highest BCUT2D eigenvalue weighted by molar-refractivity contribution is 9.11. The maximum atomic E-state index is 12.7. The standard InChI is InChI=1S/C11H13Br2N3O3S/c1-6-11(17)15-2-3-16(6)20(18,19)10-8(12)4-7(14)5-9(10)13/h4-6H,2-3,14H2,1H3,(H,15,17). The summed E-state index contributed by atoms with van der Waals surface area (Å²) in [5.41, 5.74) is 6.10. The van der Waals surface area contributed by atoms with Crippen molar-refractivity contribution in [1.29, 1.82) is 0 Å². The Bertz CT molecular complexity index is 640. The molecule has 0 spiro atoms. The molecule has 1 aromatic carbocycles. The molecule has 1 aromatic rings. The summed E-state index contributed by atoms with van der Waals surface area (Å²) in [5, 5.41) is 2.64. The van der Waals surface area contributed by atoms with Gasteiger partial charge in [0.15, 0.2) is 0 Å². The monoisotopic (exact) mass is 425 g/mol. The van der Waals surface area contributed by atoms with Gasteiger partial charge in [-0.3, -0.25) is 4.79 Å². The summed E-state index contributed by atoms with van der Waals surface area (Å²) < 4.78 is 27.4. The minimum atomic E-state index is -3.80. The summed E-state index contributed by atoms with van der Waals surface area (Å²) in [5.74, 6) is -0.303. The van der Waals surface area contributed by atoms with Crippen molar-refractivity contribution in [3.8, 4) is 0 Å². The van der Waals surface area contributed by atoms with Crippen molar-refractivity contribution in [2.45, 2.75) is 17.9 Å². The molecule has 1 fully saturated rings. The third-order valence-electron chi connectivity index (χ3n) is 3.03. The quantitative estimate of drug-likeness (QED) is 0.697. The number of benzene rings is 1. The van der Waals surface area contributed by atoms with Crippen molar-refractivity contribution in [3.63, 3.8) is 0 Å². The summed E-state index contributed by atoms with van der Waals surface area (Å²) in [6.07, 6.45) is 0. The predicted molar refractivity (Wildman–Crippen MR) is 82.6 cm³/mol. The molecule has 110 valence electrons. The van der Waals surface area contributed by atoms with Gasteiger partial charge in [0.25, 0.3) is 0 Å². The number of piperazine rings is 1. The highest BCUT2D eigenvalue weighted by Crippen LogP contribution is 2.35. The van der Waals surface area contributed by atoms with Crippen LogP contribution >= 0.6 is 31.9 Å². The number of sulfonamides is 1. The molecular weight excluding hydrogens is 414 g/mol. The number of anilines is 1. The topological polar surface area (TPSA) is 92.5 Å². The first-order valence-electron chi connectivity index (χ1n) is 5.79. The third kappa shape index (κ3) is 2.72. The predicted octanol–water partition coefficient (Wildman–Crippen LogP) is 1.30. The second-order valence-electron chi connectivity index (χ2n) is 4.40. The Hall–Kier alpha value is -0.640. The summed E-state index contributed by atoms with van der Waals surface area (Å²) in [6.45, 7) is 2.09. The van der Waals surface area contributed by atoms with Gasteiger partial charge in [0.05, 0.1) is 0 Å². The van der Waals surface area contributed by atoms with Crippen LogP contribution in [0.15, 0.2) is 26.0 Å². The molecule has 0 bridgehead atoms. The van der Waals surface area contributed by atoms with Crippen molar-refractivity contribution in [3.05, 3.63) is 21.1 Å². The zero-order chi connectivity index (χ0) is 15.1. The number of carbonyl (C=O) groups excluding carboxylic acids is 1. The minimum Gasteiger partial charge on any atom is -0.399 e. The van der Waals surface area contributed by atoms with Crippen LogP contribution < -0.4 is 11.1 Å². The van der Waals surface area contributed by atoms with Gasteiger partial charge in [-0.25, -0.2) is 8.42 Å². The van der Waals surface area contributed by atoms with Gasteiger partial charge >= 0.3 is 0 Å². The van der Waals surface area contributed by atoms with Crippen LogP contribution in [0, 0.1) is 0 Å². The summed E-state index contributed by atoms with van der Waals surface area (Å²) in [6, 6.07) is 2.30. The molecule has 0 aliphatic carbocycles. The zero-order valence-corrected chi connectivity index (χ0v) is 14.5. The maximum absolute atomic E-state index is 12.7. The number of hydrogen-bond acceptors (Lipinski definition) is 4. The fraction of sp³-hybridized carbons (Fsp3) is 0.364. The second kappa shape index (κ2) is 5.63. The van der Waals surface area contributed by atoms with E-state index in [1.807, 2.05) is 0 Å². The summed E-state index contributed by atoms with van der Waals surface area (Å²) in [4.78, 5) is 11.7. The molecule has 0 saturated carbocycles. The highest BCUT2D eigenvalue weighted by atomic mass is 79.9. The third-order valence-corrected chi connectivity index (χ3v) is 6.88. The molecule has 1 aliphatic rings. The fourth-order valence-electron chi connectivity index (χ4n) is 2.03. The average molecular weight is 427 g/mol. The van der Waals surface area contributed by atoms with Crippen molar-refractivity contribution < 1.29 is 13.2 Å². The maximum Gasteiger partial charge on any atom is 0.246 e.